The fourth-order valence-electron chi connectivity index (χ4n) is 2.00. The maximum Gasteiger partial charge on any atom is 0.260 e. The number of carbonyl (C=O) groups is 1. The van der Waals surface area contributed by atoms with E-state index in [9.17, 15) is 4.79 Å². The number of hydrogen-bond acceptors (Lipinski definition) is 3. The van der Waals surface area contributed by atoms with Gasteiger partial charge in [-0.05, 0) is 37.5 Å². The van der Waals surface area contributed by atoms with Crippen LogP contribution < -0.4 is 10.5 Å². The van der Waals surface area contributed by atoms with Crippen LogP contribution in [0.4, 0.5) is 5.69 Å². The minimum Gasteiger partial charge on any atom is -0.482 e. The summed E-state index contributed by atoms with van der Waals surface area (Å²) in [6.07, 6.45) is 2.19. The summed E-state index contributed by atoms with van der Waals surface area (Å²) < 4.78 is 5.45. The average molecular weight is 234 g/mol. The van der Waals surface area contributed by atoms with Crippen molar-refractivity contribution in [3.05, 3.63) is 23.8 Å². The van der Waals surface area contributed by atoms with Crippen molar-refractivity contribution in [1.29, 1.82) is 0 Å². The van der Waals surface area contributed by atoms with Gasteiger partial charge in [-0.25, -0.2) is 0 Å². The van der Waals surface area contributed by atoms with Gasteiger partial charge in [0.15, 0.2) is 6.61 Å². The lowest BCUT2D eigenvalue weighted by molar-refractivity contribution is -0.132. The molecule has 1 aromatic carbocycles. The minimum atomic E-state index is 0.0440. The van der Waals surface area contributed by atoms with Crippen LogP contribution in [0.5, 0.6) is 5.75 Å². The van der Waals surface area contributed by atoms with E-state index < -0.39 is 0 Å². The maximum atomic E-state index is 11.8. The molecule has 1 saturated heterocycles. The summed E-state index contributed by atoms with van der Waals surface area (Å²) in [5.74, 6) is 0.630. The van der Waals surface area contributed by atoms with Gasteiger partial charge in [0.25, 0.3) is 5.91 Å². The Morgan fingerprint density at radius 1 is 1.41 bits per heavy atom. The van der Waals surface area contributed by atoms with E-state index in [2.05, 4.69) is 0 Å². The summed E-state index contributed by atoms with van der Waals surface area (Å²) >= 11 is 0. The largest absolute Gasteiger partial charge is 0.482 e. The highest BCUT2D eigenvalue weighted by atomic mass is 16.5. The van der Waals surface area contributed by atoms with Gasteiger partial charge < -0.3 is 15.4 Å². The molecule has 1 aliphatic rings. The van der Waals surface area contributed by atoms with Crippen LogP contribution in [0.15, 0.2) is 18.2 Å². The molecule has 0 radical (unpaired) electrons. The third-order valence-electron chi connectivity index (χ3n) is 2.98. The second kappa shape index (κ2) is 5.08. The monoisotopic (exact) mass is 234 g/mol. The first-order chi connectivity index (χ1) is 8.16. The summed E-state index contributed by atoms with van der Waals surface area (Å²) in [4.78, 5) is 13.6. The normalized spacial score (nSPS) is 15.0. The highest BCUT2D eigenvalue weighted by molar-refractivity contribution is 5.78. The Labute approximate surface area is 101 Å². The summed E-state index contributed by atoms with van der Waals surface area (Å²) in [7, 11) is 0. The average Bonchev–Trinajstić information content (AvgIpc) is 2.81. The van der Waals surface area contributed by atoms with Crippen LogP contribution in [-0.2, 0) is 4.79 Å². The van der Waals surface area contributed by atoms with Gasteiger partial charge in [0, 0.05) is 13.1 Å². The number of carbonyl (C=O) groups excluding carboxylic acids is 1. The molecule has 1 aliphatic heterocycles. The molecule has 0 atom stereocenters. The molecular formula is C13H18N2O2. The molecule has 4 heteroatoms. The second-order valence-electron chi connectivity index (χ2n) is 4.42. The number of aryl methyl sites for hydroxylation is 1. The van der Waals surface area contributed by atoms with Crippen LogP contribution in [0, 0.1) is 6.92 Å². The van der Waals surface area contributed by atoms with E-state index in [1.807, 2.05) is 30.0 Å². The smallest absolute Gasteiger partial charge is 0.260 e. The molecule has 0 aliphatic carbocycles. The van der Waals surface area contributed by atoms with Crippen molar-refractivity contribution in [1.82, 2.24) is 4.90 Å². The first-order valence-electron chi connectivity index (χ1n) is 5.93. The molecule has 1 amide bonds. The van der Waals surface area contributed by atoms with Gasteiger partial charge in [0.1, 0.15) is 5.75 Å². The number of nitrogens with zero attached hydrogens (tertiary/aromatic N) is 1. The number of likely N-dealkylation sites (tertiary alicyclic amines) is 1. The number of ether oxygens (including phenoxy) is 1. The molecule has 1 aromatic rings. The zero-order chi connectivity index (χ0) is 12.3. The van der Waals surface area contributed by atoms with Crippen LogP contribution in [0.25, 0.3) is 0 Å². The van der Waals surface area contributed by atoms with Crippen molar-refractivity contribution in [2.24, 2.45) is 0 Å². The van der Waals surface area contributed by atoms with E-state index in [1.54, 1.807) is 0 Å². The predicted molar refractivity (Wildman–Crippen MR) is 66.9 cm³/mol. The minimum absolute atomic E-state index is 0.0440. The molecule has 0 saturated carbocycles. The predicted octanol–water partition coefficient (Wildman–Crippen LogP) is 1.58. The Hall–Kier alpha value is -1.71. The zero-order valence-corrected chi connectivity index (χ0v) is 10.1. The van der Waals surface area contributed by atoms with E-state index in [1.165, 1.54) is 0 Å². The fourth-order valence-corrected chi connectivity index (χ4v) is 2.00. The molecule has 0 bridgehead atoms. The number of nitrogen functional groups attached to an aromatic ring is 1. The molecule has 92 valence electrons. The van der Waals surface area contributed by atoms with Crippen LogP contribution in [0.2, 0.25) is 0 Å². The van der Waals surface area contributed by atoms with Crippen molar-refractivity contribution in [2.45, 2.75) is 19.8 Å². The van der Waals surface area contributed by atoms with Gasteiger partial charge in [-0.15, -0.1) is 0 Å². The van der Waals surface area contributed by atoms with Crippen LogP contribution >= 0.6 is 0 Å². The van der Waals surface area contributed by atoms with Crippen LogP contribution in [0.3, 0.4) is 0 Å². The lowest BCUT2D eigenvalue weighted by Gasteiger charge is -2.16. The maximum absolute atomic E-state index is 11.8. The Morgan fingerprint density at radius 2 is 2.12 bits per heavy atom. The number of rotatable bonds is 3. The summed E-state index contributed by atoms with van der Waals surface area (Å²) in [6, 6.07) is 5.57. The van der Waals surface area contributed by atoms with Gasteiger partial charge in [0.2, 0.25) is 0 Å². The number of nitrogens with two attached hydrogens (primary N) is 1. The number of benzene rings is 1. The van der Waals surface area contributed by atoms with Crippen LogP contribution in [0.1, 0.15) is 18.4 Å². The lowest BCUT2D eigenvalue weighted by Crippen LogP contribution is -2.32. The van der Waals surface area contributed by atoms with Crippen molar-refractivity contribution in [2.75, 3.05) is 25.4 Å². The third-order valence-corrected chi connectivity index (χ3v) is 2.98. The Kier molecular flexibility index (Phi) is 3.52. The first-order valence-corrected chi connectivity index (χ1v) is 5.93. The van der Waals surface area contributed by atoms with Gasteiger partial charge in [-0.1, -0.05) is 6.07 Å². The quantitative estimate of drug-likeness (QED) is 0.808. The zero-order valence-electron chi connectivity index (χ0n) is 10.1. The molecule has 0 aromatic heterocycles. The van der Waals surface area contributed by atoms with Crippen molar-refractivity contribution >= 4 is 11.6 Å². The van der Waals surface area contributed by atoms with E-state index in [4.69, 9.17) is 10.5 Å². The van der Waals surface area contributed by atoms with Gasteiger partial charge >= 0.3 is 0 Å². The number of anilines is 1. The molecule has 2 N–H and O–H groups in total. The summed E-state index contributed by atoms with van der Waals surface area (Å²) in [5.41, 5.74) is 7.48. The lowest BCUT2D eigenvalue weighted by atomic mass is 10.2. The van der Waals surface area contributed by atoms with Gasteiger partial charge in [0.05, 0.1) is 5.69 Å². The Balaban J connectivity index is 1.90. The summed E-state index contributed by atoms with van der Waals surface area (Å²) in [5, 5.41) is 0. The number of hydrogen-bond donors (Lipinski definition) is 1. The molecule has 0 unspecified atom stereocenters. The molecular weight excluding hydrogens is 216 g/mol. The van der Waals surface area contributed by atoms with E-state index in [-0.39, 0.29) is 12.5 Å². The van der Waals surface area contributed by atoms with Crippen LogP contribution in [-0.4, -0.2) is 30.5 Å². The van der Waals surface area contributed by atoms with Gasteiger partial charge in [-0.2, -0.15) is 0 Å². The van der Waals surface area contributed by atoms with E-state index in [0.29, 0.717) is 11.4 Å². The molecule has 1 fully saturated rings. The topological polar surface area (TPSA) is 55.6 Å². The van der Waals surface area contributed by atoms with E-state index in [0.717, 1.165) is 31.5 Å². The molecule has 1 heterocycles. The Morgan fingerprint density at radius 3 is 2.76 bits per heavy atom. The molecule has 2 rings (SSSR count). The first kappa shape index (κ1) is 11.8. The van der Waals surface area contributed by atoms with Gasteiger partial charge in [-0.3, -0.25) is 4.79 Å². The Bertz CT molecular complexity index is 412. The fraction of sp³-hybridized carbons (Fsp3) is 0.462. The second-order valence-corrected chi connectivity index (χ2v) is 4.42. The molecule has 17 heavy (non-hydrogen) atoms. The standard InChI is InChI=1S/C13H18N2O2/c1-10-4-5-12(11(14)8-10)17-9-13(16)15-6-2-3-7-15/h4-5,8H,2-3,6-7,9,14H2,1H3. The SMILES string of the molecule is Cc1ccc(OCC(=O)N2CCCC2)c(N)c1. The van der Waals surface area contributed by atoms with E-state index >= 15 is 0 Å². The van der Waals surface area contributed by atoms with Crippen molar-refractivity contribution in [3.8, 4) is 5.75 Å². The highest BCUT2D eigenvalue weighted by Crippen LogP contribution is 2.22. The molecule has 0 spiro atoms. The summed E-state index contributed by atoms with van der Waals surface area (Å²) in [6.45, 7) is 3.75. The highest BCUT2D eigenvalue weighted by Gasteiger charge is 2.18. The van der Waals surface area contributed by atoms with Crippen molar-refractivity contribution in [3.63, 3.8) is 0 Å². The number of amides is 1. The third kappa shape index (κ3) is 2.90. The molecule has 4 nitrogen and oxygen atoms in total. The van der Waals surface area contributed by atoms with Crippen molar-refractivity contribution < 1.29 is 9.53 Å².